The van der Waals surface area contributed by atoms with Crippen molar-refractivity contribution in [3.63, 3.8) is 0 Å². The molecule has 2 heterocycles. The van der Waals surface area contributed by atoms with Gasteiger partial charge in [0.15, 0.2) is 0 Å². The fraction of sp³-hybridized carbons (Fsp3) is 0.733. The second kappa shape index (κ2) is 5.35. The molecule has 0 N–H and O–H groups in total. The molecule has 0 amide bonds. The summed E-state index contributed by atoms with van der Waals surface area (Å²) in [4.78, 5) is 11.6. The molecule has 3 nitrogen and oxygen atoms in total. The number of piperidine rings is 1. The Kier molecular flexibility index (Phi) is 3.59. The largest absolute Gasteiger partial charge is 0.300 e. The molecule has 98 valence electrons. The highest BCUT2D eigenvalue weighted by Crippen LogP contribution is 2.31. The van der Waals surface area contributed by atoms with Crippen molar-refractivity contribution in [3.05, 3.63) is 23.8 Å². The van der Waals surface area contributed by atoms with Gasteiger partial charge in [0, 0.05) is 24.4 Å². The Morgan fingerprint density at radius 3 is 2.44 bits per heavy atom. The van der Waals surface area contributed by atoms with Crippen LogP contribution in [0.25, 0.3) is 0 Å². The zero-order valence-electron chi connectivity index (χ0n) is 11.3. The van der Waals surface area contributed by atoms with Gasteiger partial charge in [0.05, 0.1) is 11.4 Å². The van der Waals surface area contributed by atoms with Gasteiger partial charge in [-0.15, -0.1) is 0 Å². The van der Waals surface area contributed by atoms with E-state index in [1.807, 2.05) is 19.3 Å². The zero-order chi connectivity index (χ0) is 12.4. The third-order valence-electron chi connectivity index (χ3n) is 4.56. The smallest absolute Gasteiger partial charge is 0.0621 e. The van der Waals surface area contributed by atoms with E-state index in [1.54, 1.807) is 0 Å². The van der Waals surface area contributed by atoms with Crippen molar-refractivity contribution >= 4 is 0 Å². The summed E-state index contributed by atoms with van der Waals surface area (Å²) in [7, 11) is 0. The van der Waals surface area contributed by atoms with Gasteiger partial charge in [-0.25, -0.2) is 0 Å². The zero-order valence-corrected chi connectivity index (χ0v) is 11.3. The van der Waals surface area contributed by atoms with E-state index < -0.39 is 0 Å². The summed E-state index contributed by atoms with van der Waals surface area (Å²) in [6.07, 6.45) is 12.1. The molecule has 1 aromatic heterocycles. The minimum atomic E-state index is 0.634. The van der Waals surface area contributed by atoms with Crippen molar-refractivity contribution < 1.29 is 0 Å². The molecule has 2 fully saturated rings. The number of aryl methyl sites for hydroxylation is 1. The molecule has 1 saturated carbocycles. The maximum absolute atomic E-state index is 4.64. The molecular weight excluding hydrogens is 222 g/mol. The van der Waals surface area contributed by atoms with Crippen molar-refractivity contribution in [2.24, 2.45) is 0 Å². The minimum absolute atomic E-state index is 0.634. The maximum Gasteiger partial charge on any atom is 0.0621 e. The van der Waals surface area contributed by atoms with E-state index in [9.17, 15) is 0 Å². The summed E-state index contributed by atoms with van der Waals surface area (Å²) in [5.74, 6) is 0.634. The summed E-state index contributed by atoms with van der Waals surface area (Å²) < 4.78 is 0. The Morgan fingerprint density at radius 1 is 1.06 bits per heavy atom. The number of nitrogens with zero attached hydrogens (tertiary/aromatic N) is 3. The number of aromatic nitrogens is 2. The van der Waals surface area contributed by atoms with Crippen LogP contribution < -0.4 is 0 Å². The van der Waals surface area contributed by atoms with Crippen molar-refractivity contribution in [3.8, 4) is 0 Å². The highest BCUT2D eigenvalue weighted by molar-refractivity contribution is 5.08. The van der Waals surface area contributed by atoms with Gasteiger partial charge in [0.25, 0.3) is 0 Å². The molecule has 3 heteroatoms. The minimum Gasteiger partial charge on any atom is -0.300 e. The molecule has 1 aliphatic carbocycles. The van der Waals surface area contributed by atoms with Crippen molar-refractivity contribution in [1.82, 2.24) is 14.9 Å². The quantitative estimate of drug-likeness (QED) is 0.802. The lowest BCUT2D eigenvalue weighted by Crippen LogP contribution is -2.39. The standard InChI is InChI=1S/C15H23N3/c1-12-10-16-11-15(17-12)13-6-8-18(9-7-13)14-4-2-3-5-14/h10-11,13-14H,2-9H2,1H3. The van der Waals surface area contributed by atoms with Crippen LogP contribution in [0.4, 0.5) is 0 Å². The van der Waals surface area contributed by atoms with Crippen molar-refractivity contribution in [1.29, 1.82) is 0 Å². The summed E-state index contributed by atoms with van der Waals surface area (Å²) in [5, 5.41) is 0. The maximum atomic E-state index is 4.64. The number of likely N-dealkylation sites (tertiary alicyclic amines) is 1. The van der Waals surface area contributed by atoms with E-state index in [0.717, 1.165) is 11.7 Å². The monoisotopic (exact) mass is 245 g/mol. The Labute approximate surface area is 110 Å². The molecule has 2 aliphatic rings. The Balaban J connectivity index is 1.59. The van der Waals surface area contributed by atoms with E-state index in [1.165, 1.54) is 57.3 Å². The topological polar surface area (TPSA) is 29.0 Å². The van der Waals surface area contributed by atoms with Crippen molar-refractivity contribution in [2.75, 3.05) is 13.1 Å². The molecule has 0 atom stereocenters. The first-order valence-electron chi connectivity index (χ1n) is 7.35. The first-order valence-corrected chi connectivity index (χ1v) is 7.35. The fourth-order valence-corrected chi connectivity index (χ4v) is 3.51. The van der Waals surface area contributed by atoms with E-state index in [-0.39, 0.29) is 0 Å². The predicted octanol–water partition coefficient (Wildman–Crippen LogP) is 2.91. The second-order valence-electron chi connectivity index (χ2n) is 5.83. The van der Waals surface area contributed by atoms with Crippen LogP contribution >= 0.6 is 0 Å². The molecule has 18 heavy (non-hydrogen) atoms. The van der Waals surface area contributed by atoms with E-state index >= 15 is 0 Å². The average Bonchev–Trinajstić information content (AvgIpc) is 2.93. The van der Waals surface area contributed by atoms with Crippen LogP contribution in [-0.2, 0) is 0 Å². The van der Waals surface area contributed by atoms with Crippen LogP contribution in [0.3, 0.4) is 0 Å². The lowest BCUT2D eigenvalue weighted by atomic mass is 9.92. The summed E-state index contributed by atoms with van der Waals surface area (Å²) >= 11 is 0. The lowest BCUT2D eigenvalue weighted by molar-refractivity contribution is 0.153. The fourth-order valence-electron chi connectivity index (χ4n) is 3.51. The second-order valence-corrected chi connectivity index (χ2v) is 5.83. The predicted molar refractivity (Wildman–Crippen MR) is 72.6 cm³/mol. The lowest BCUT2D eigenvalue weighted by Gasteiger charge is -2.35. The molecule has 0 bridgehead atoms. The van der Waals surface area contributed by atoms with Gasteiger partial charge in [-0.3, -0.25) is 9.97 Å². The Morgan fingerprint density at radius 2 is 1.78 bits per heavy atom. The molecule has 1 saturated heterocycles. The van der Waals surface area contributed by atoms with Crippen LogP contribution in [0.1, 0.15) is 55.8 Å². The van der Waals surface area contributed by atoms with Gasteiger partial charge in [0.2, 0.25) is 0 Å². The average molecular weight is 245 g/mol. The van der Waals surface area contributed by atoms with Gasteiger partial charge in [-0.05, 0) is 45.7 Å². The summed E-state index contributed by atoms with van der Waals surface area (Å²) in [6, 6.07) is 0.884. The highest BCUT2D eigenvalue weighted by atomic mass is 15.2. The summed E-state index contributed by atoms with van der Waals surface area (Å²) in [5.41, 5.74) is 2.26. The Hall–Kier alpha value is -0.960. The van der Waals surface area contributed by atoms with Gasteiger partial charge in [-0.1, -0.05) is 12.8 Å². The first kappa shape index (κ1) is 12.1. The first-order chi connectivity index (χ1) is 8.83. The van der Waals surface area contributed by atoms with Crippen LogP contribution in [0.5, 0.6) is 0 Å². The van der Waals surface area contributed by atoms with Gasteiger partial charge in [0.1, 0.15) is 0 Å². The van der Waals surface area contributed by atoms with Gasteiger partial charge < -0.3 is 4.90 Å². The molecule has 0 unspecified atom stereocenters. The third kappa shape index (κ3) is 2.56. The highest BCUT2D eigenvalue weighted by Gasteiger charge is 2.28. The van der Waals surface area contributed by atoms with Gasteiger partial charge >= 0.3 is 0 Å². The number of hydrogen-bond donors (Lipinski definition) is 0. The Bertz CT molecular complexity index is 390. The number of hydrogen-bond acceptors (Lipinski definition) is 3. The van der Waals surface area contributed by atoms with Crippen molar-refractivity contribution in [2.45, 2.75) is 57.4 Å². The number of rotatable bonds is 2. The molecule has 0 radical (unpaired) electrons. The molecular formula is C15H23N3. The molecule has 0 aromatic carbocycles. The third-order valence-corrected chi connectivity index (χ3v) is 4.56. The van der Waals surface area contributed by atoms with Gasteiger partial charge in [-0.2, -0.15) is 0 Å². The van der Waals surface area contributed by atoms with Crippen LogP contribution in [-0.4, -0.2) is 34.0 Å². The SMILES string of the molecule is Cc1cncc(C2CCN(C3CCCC3)CC2)n1. The molecule has 0 spiro atoms. The molecule has 1 aromatic rings. The van der Waals surface area contributed by atoms with Crippen LogP contribution in [0.15, 0.2) is 12.4 Å². The van der Waals surface area contributed by atoms with E-state index in [2.05, 4.69) is 14.9 Å². The molecule has 1 aliphatic heterocycles. The molecule has 3 rings (SSSR count). The van der Waals surface area contributed by atoms with E-state index in [4.69, 9.17) is 0 Å². The normalized spacial score (nSPS) is 23.6. The summed E-state index contributed by atoms with van der Waals surface area (Å²) in [6.45, 7) is 4.54. The van der Waals surface area contributed by atoms with Crippen LogP contribution in [0, 0.1) is 6.92 Å². The van der Waals surface area contributed by atoms with Crippen LogP contribution in [0.2, 0.25) is 0 Å². The van der Waals surface area contributed by atoms with E-state index in [0.29, 0.717) is 5.92 Å².